The Bertz CT molecular complexity index is 472. The minimum absolute atomic E-state index is 0.180. The van der Waals surface area contributed by atoms with Crippen molar-refractivity contribution in [3.05, 3.63) is 36.4 Å². The third kappa shape index (κ3) is 4.59. The normalized spacial score (nSPS) is 10.4. The standard InChI is InChI=1S/C13H19N5O/c19-7-1-4-15-12-8-13(18-10-17-12)16-6-3-11-2-5-14-9-11/h2,5,8-10,14,19H,1,3-4,6-7H2,(H2,15,16,17,18). The van der Waals surface area contributed by atoms with E-state index in [-0.39, 0.29) is 6.61 Å². The molecule has 0 radical (unpaired) electrons. The second-order valence-corrected chi connectivity index (χ2v) is 4.19. The number of hydrogen-bond acceptors (Lipinski definition) is 5. The van der Waals surface area contributed by atoms with Gasteiger partial charge in [0.25, 0.3) is 0 Å². The molecule has 0 spiro atoms. The maximum Gasteiger partial charge on any atom is 0.131 e. The lowest BCUT2D eigenvalue weighted by molar-refractivity contribution is 0.292. The van der Waals surface area contributed by atoms with E-state index >= 15 is 0 Å². The molecule has 6 heteroatoms. The minimum Gasteiger partial charge on any atom is -0.396 e. The number of hydrogen-bond donors (Lipinski definition) is 4. The molecule has 0 aliphatic carbocycles. The SMILES string of the molecule is OCCCNc1cc(NCCc2cc[nH]c2)ncn1. The fourth-order valence-corrected chi connectivity index (χ4v) is 1.69. The van der Waals surface area contributed by atoms with E-state index in [1.165, 1.54) is 11.9 Å². The van der Waals surface area contributed by atoms with E-state index in [4.69, 9.17) is 5.11 Å². The van der Waals surface area contributed by atoms with Gasteiger partial charge in [-0.3, -0.25) is 0 Å². The molecular formula is C13H19N5O. The molecule has 0 bridgehead atoms. The average Bonchev–Trinajstić information content (AvgIpc) is 2.93. The van der Waals surface area contributed by atoms with Crippen LogP contribution in [0, 0.1) is 0 Å². The number of aliphatic hydroxyl groups excluding tert-OH is 1. The van der Waals surface area contributed by atoms with Gasteiger partial charge in [-0.05, 0) is 24.5 Å². The quantitative estimate of drug-likeness (QED) is 0.537. The van der Waals surface area contributed by atoms with Gasteiger partial charge in [-0.15, -0.1) is 0 Å². The van der Waals surface area contributed by atoms with Gasteiger partial charge in [0.2, 0.25) is 0 Å². The van der Waals surface area contributed by atoms with Gasteiger partial charge in [0.15, 0.2) is 0 Å². The van der Waals surface area contributed by atoms with E-state index in [1.54, 1.807) is 0 Å². The number of aliphatic hydroxyl groups is 1. The maximum atomic E-state index is 8.72. The van der Waals surface area contributed by atoms with Crippen molar-refractivity contribution in [1.82, 2.24) is 15.0 Å². The van der Waals surface area contributed by atoms with Crippen molar-refractivity contribution in [2.75, 3.05) is 30.3 Å². The molecule has 19 heavy (non-hydrogen) atoms. The van der Waals surface area contributed by atoms with Crippen LogP contribution in [0.15, 0.2) is 30.9 Å². The summed E-state index contributed by atoms with van der Waals surface area (Å²) < 4.78 is 0. The van der Waals surface area contributed by atoms with Gasteiger partial charge >= 0.3 is 0 Å². The third-order valence-electron chi connectivity index (χ3n) is 2.69. The van der Waals surface area contributed by atoms with Crippen LogP contribution in [-0.2, 0) is 6.42 Å². The lowest BCUT2D eigenvalue weighted by Crippen LogP contribution is -2.09. The van der Waals surface area contributed by atoms with E-state index in [0.717, 1.165) is 24.6 Å². The highest BCUT2D eigenvalue weighted by Gasteiger charge is 1.98. The number of H-pyrrole nitrogens is 1. The van der Waals surface area contributed by atoms with Crippen molar-refractivity contribution in [3.8, 4) is 0 Å². The summed E-state index contributed by atoms with van der Waals surface area (Å²) in [5.41, 5.74) is 1.27. The Balaban J connectivity index is 1.78. The predicted molar refractivity (Wildman–Crippen MR) is 75.2 cm³/mol. The molecule has 0 aliphatic heterocycles. The number of anilines is 2. The molecular weight excluding hydrogens is 242 g/mol. The Hall–Kier alpha value is -2.08. The second kappa shape index (κ2) is 7.38. The number of aromatic amines is 1. The molecule has 2 aromatic heterocycles. The summed E-state index contributed by atoms with van der Waals surface area (Å²) in [5, 5.41) is 15.1. The van der Waals surface area contributed by atoms with Crippen LogP contribution in [0.2, 0.25) is 0 Å². The number of rotatable bonds is 8. The third-order valence-corrected chi connectivity index (χ3v) is 2.69. The molecule has 0 saturated carbocycles. The van der Waals surface area contributed by atoms with Crippen LogP contribution in [0.25, 0.3) is 0 Å². The summed E-state index contributed by atoms with van der Waals surface area (Å²) in [6.07, 6.45) is 7.09. The first kappa shape index (κ1) is 13.4. The van der Waals surface area contributed by atoms with Crippen LogP contribution in [0.3, 0.4) is 0 Å². The van der Waals surface area contributed by atoms with Crippen molar-refractivity contribution in [2.45, 2.75) is 12.8 Å². The molecule has 2 aromatic rings. The maximum absolute atomic E-state index is 8.72. The lowest BCUT2D eigenvalue weighted by atomic mass is 10.2. The molecule has 0 amide bonds. The Morgan fingerprint density at radius 3 is 2.63 bits per heavy atom. The van der Waals surface area contributed by atoms with E-state index < -0.39 is 0 Å². The molecule has 0 aromatic carbocycles. The molecule has 0 aliphatic rings. The Labute approximate surface area is 112 Å². The summed E-state index contributed by atoms with van der Waals surface area (Å²) in [4.78, 5) is 11.3. The van der Waals surface area contributed by atoms with Gasteiger partial charge < -0.3 is 20.7 Å². The number of nitrogens with one attached hydrogen (secondary N) is 3. The van der Waals surface area contributed by atoms with Crippen LogP contribution in [0.4, 0.5) is 11.6 Å². The van der Waals surface area contributed by atoms with Gasteiger partial charge in [0, 0.05) is 38.2 Å². The zero-order chi connectivity index (χ0) is 13.3. The Morgan fingerprint density at radius 2 is 1.95 bits per heavy atom. The van der Waals surface area contributed by atoms with Gasteiger partial charge in [-0.1, -0.05) is 0 Å². The van der Waals surface area contributed by atoms with Crippen molar-refractivity contribution in [2.24, 2.45) is 0 Å². The molecule has 0 unspecified atom stereocenters. The predicted octanol–water partition coefficient (Wildman–Crippen LogP) is 1.25. The molecule has 0 atom stereocenters. The summed E-state index contributed by atoms with van der Waals surface area (Å²) >= 11 is 0. The van der Waals surface area contributed by atoms with Crippen LogP contribution in [-0.4, -0.2) is 39.8 Å². The highest BCUT2D eigenvalue weighted by molar-refractivity contribution is 5.46. The first-order chi connectivity index (χ1) is 9.38. The van der Waals surface area contributed by atoms with E-state index in [9.17, 15) is 0 Å². The molecule has 2 rings (SSSR count). The van der Waals surface area contributed by atoms with Gasteiger partial charge in [-0.2, -0.15) is 0 Å². The molecule has 0 fully saturated rings. The van der Waals surface area contributed by atoms with Crippen molar-refractivity contribution in [3.63, 3.8) is 0 Å². The monoisotopic (exact) mass is 261 g/mol. The van der Waals surface area contributed by atoms with Gasteiger partial charge in [0.1, 0.15) is 18.0 Å². The number of aromatic nitrogens is 3. The first-order valence-corrected chi connectivity index (χ1v) is 6.41. The van der Waals surface area contributed by atoms with Gasteiger partial charge in [-0.25, -0.2) is 9.97 Å². The summed E-state index contributed by atoms with van der Waals surface area (Å²) in [5.74, 6) is 1.57. The fraction of sp³-hybridized carbons (Fsp3) is 0.385. The van der Waals surface area contributed by atoms with Crippen LogP contribution < -0.4 is 10.6 Å². The minimum atomic E-state index is 0.180. The Kier molecular flexibility index (Phi) is 5.18. The largest absolute Gasteiger partial charge is 0.396 e. The molecule has 2 heterocycles. The zero-order valence-electron chi connectivity index (χ0n) is 10.8. The van der Waals surface area contributed by atoms with E-state index in [2.05, 4.69) is 31.7 Å². The summed E-state index contributed by atoms with van der Waals surface area (Å²) in [6, 6.07) is 3.93. The molecule has 0 saturated heterocycles. The second-order valence-electron chi connectivity index (χ2n) is 4.19. The van der Waals surface area contributed by atoms with Crippen molar-refractivity contribution < 1.29 is 5.11 Å². The highest BCUT2D eigenvalue weighted by Crippen LogP contribution is 2.08. The van der Waals surface area contributed by atoms with E-state index in [1.807, 2.05) is 18.5 Å². The summed E-state index contributed by atoms with van der Waals surface area (Å²) in [6.45, 7) is 1.71. The van der Waals surface area contributed by atoms with Crippen LogP contribution in [0.1, 0.15) is 12.0 Å². The van der Waals surface area contributed by atoms with Crippen molar-refractivity contribution >= 4 is 11.6 Å². The van der Waals surface area contributed by atoms with Crippen LogP contribution >= 0.6 is 0 Å². The molecule has 102 valence electrons. The first-order valence-electron chi connectivity index (χ1n) is 6.41. The van der Waals surface area contributed by atoms with Crippen LogP contribution in [0.5, 0.6) is 0 Å². The highest BCUT2D eigenvalue weighted by atomic mass is 16.3. The smallest absolute Gasteiger partial charge is 0.131 e. The van der Waals surface area contributed by atoms with E-state index in [0.29, 0.717) is 13.0 Å². The Morgan fingerprint density at radius 1 is 1.16 bits per heavy atom. The lowest BCUT2D eigenvalue weighted by Gasteiger charge is -2.07. The zero-order valence-corrected chi connectivity index (χ0v) is 10.8. The molecule has 6 nitrogen and oxygen atoms in total. The molecule has 4 N–H and O–H groups in total. The van der Waals surface area contributed by atoms with Gasteiger partial charge in [0.05, 0.1) is 0 Å². The average molecular weight is 261 g/mol. The number of nitrogens with zero attached hydrogens (tertiary/aromatic N) is 2. The topological polar surface area (TPSA) is 85.9 Å². The van der Waals surface area contributed by atoms with Crippen molar-refractivity contribution in [1.29, 1.82) is 0 Å². The fourth-order valence-electron chi connectivity index (χ4n) is 1.69. The summed E-state index contributed by atoms with van der Waals surface area (Å²) in [7, 11) is 0.